The number of nitrogens with zero attached hydrogens (tertiary/aromatic N) is 1. The van der Waals surface area contributed by atoms with Crippen molar-refractivity contribution in [2.24, 2.45) is 5.41 Å². The summed E-state index contributed by atoms with van der Waals surface area (Å²) in [6, 6.07) is -0.465. The van der Waals surface area contributed by atoms with Crippen molar-refractivity contribution in [1.82, 2.24) is 10.2 Å². The van der Waals surface area contributed by atoms with E-state index in [2.05, 4.69) is 31.0 Å². The summed E-state index contributed by atoms with van der Waals surface area (Å²) in [6.45, 7) is 10.7. The normalized spacial score (nSPS) is 14.1. The van der Waals surface area contributed by atoms with Gasteiger partial charge in [-0.1, -0.05) is 27.7 Å². The zero-order chi connectivity index (χ0) is 12.8. The van der Waals surface area contributed by atoms with Gasteiger partial charge in [-0.15, -0.1) is 0 Å². The molecule has 0 aliphatic rings. The molecule has 96 valence electrons. The molecule has 0 bridgehead atoms. The van der Waals surface area contributed by atoms with Crippen molar-refractivity contribution in [3.05, 3.63) is 0 Å². The molecule has 16 heavy (non-hydrogen) atoms. The second-order valence-electron chi connectivity index (χ2n) is 5.60. The number of aliphatic carboxylic acids is 1. The molecule has 0 saturated carbocycles. The Morgan fingerprint density at radius 1 is 1.44 bits per heavy atom. The summed E-state index contributed by atoms with van der Waals surface area (Å²) < 4.78 is 0. The van der Waals surface area contributed by atoms with Gasteiger partial charge in [0.1, 0.15) is 6.04 Å². The van der Waals surface area contributed by atoms with Gasteiger partial charge in [0, 0.05) is 13.1 Å². The predicted octanol–water partition coefficient (Wildman–Crippen LogP) is 1.42. The van der Waals surface area contributed by atoms with Gasteiger partial charge in [0.25, 0.3) is 0 Å². The Morgan fingerprint density at radius 3 is 2.38 bits per heavy atom. The van der Waals surface area contributed by atoms with E-state index in [1.54, 1.807) is 0 Å². The van der Waals surface area contributed by atoms with Crippen LogP contribution in [-0.4, -0.2) is 48.7 Å². The van der Waals surface area contributed by atoms with Crippen LogP contribution in [0.2, 0.25) is 0 Å². The average Bonchev–Trinajstić information content (AvgIpc) is 2.08. The van der Waals surface area contributed by atoms with Crippen LogP contribution >= 0.6 is 0 Å². The molecule has 0 radical (unpaired) electrons. The minimum absolute atomic E-state index is 0.197. The van der Waals surface area contributed by atoms with Crippen LogP contribution < -0.4 is 5.32 Å². The van der Waals surface area contributed by atoms with E-state index in [0.717, 1.165) is 19.5 Å². The van der Waals surface area contributed by atoms with Gasteiger partial charge in [0.2, 0.25) is 0 Å². The maximum absolute atomic E-state index is 11.0. The molecule has 1 atom stereocenters. The minimum atomic E-state index is -0.769. The van der Waals surface area contributed by atoms with E-state index in [0.29, 0.717) is 6.54 Å². The molecule has 0 aliphatic heterocycles. The van der Waals surface area contributed by atoms with Crippen LogP contribution in [0.15, 0.2) is 0 Å². The number of hydrogen-bond acceptors (Lipinski definition) is 3. The standard InChI is InChI=1S/C12H26N2O2/c1-6-7-13-10(11(15)16)8-14(5)9-12(2,3)4/h10,13H,6-9H2,1-5H3,(H,15,16). The molecule has 4 heteroatoms. The Hall–Kier alpha value is -0.610. The van der Waals surface area contributed by atoms with E-state index in [-0.39, 0.29) is 5.41 Å². The molecule has 4 nitrogen and oxygen atoms in total. The Balaban J connectivity index is 4.13. The number of rotatable bonds is 7. The quantitative estimate of drug-likeness (QED) is 0.694. The zero-order valence-corrected chi connectivity index (χ0v) is 11.2. The average molecular weight is 230 g/mol. The number of likely N-dealkylation sites (N-methyl/N-ethyl adjacent to an activating group) is 1. The molecule has 0 aromatic heterocycles. The first-order valence-electron chi connectivity index (χ1n) is 5.91. The summed E-state index contributed by atoms with van der Waals surface area (Å²) in [5, 5.41) is 12.1. The lowest BCUT2D eigenvalue weighted by Crippen LogP contribution is -2.46. The first-order valence-corrected chi connectivity index (χ1v) is 5.91. The minimum Gasteiger partial charge on any atom is -0.480 e. The fraction of sp³-hybridized carbons (Fsp3) is 0.917. The molecule has 0 heterocycles. The topological polar surface area (TPSA) is 52.6 Å². The van der Waals surface area contributed by atoms with Crippen LogP contribution in [-0.2, 0) is 4.79 Å². The number of carboxylic acids is 1. The van der Waals surface area contributed by atoms with Crippen molar-refractivity contribution in [3.63, 3.8) is 0 Å². The van der Waals surface area contributed by atoms with Gasteiger partial charge < -0.3 is 15.3 Å². The first kappa shape index (κ1) is 15.4. The van der Waals surface area contributed by atoms with Crippen molar-refractivity contribution in [2.45, 2.75) is 40.2 Å². The molecule has 0 rings (SSSR count). The molecule has 0 aromatic rings. The van der Waals surface area contributed by atoms with E-state index < -0.39 is 12.0 Å². The molecule has 0 saturated heterocycles. The number of hydrogen-bond donors (Lipinski definition) is 2. The van der Waals surface area contributed by atoms with Crippen LogP contribution in [0.25, 0.3) is 0 Å². The monoisotopic (exact) mass is 230 g/mol. The van der Waals surface area contributed by atoms with Crippen LogP contribution in [0.4, 0.5) is 0 Å². The number of nitrogens with one attached hydrogen (secondary N) is 1. The second-order valence-corrected chi connectivity index (χ2v) is 5.60. The SMILES string of the molecule is CCCNC(CN(C)CC(C)(C)C)C(=O)O. The van der Waals surface area contributed by atoms with Gasteiger partial charge in [-0.25, -0.2) is 0 Å². The summed E-state index contributed by atoms with van der Waals surface area (Å²) >= 11 is 0. The van der Waals surface area contributed by atoms with Crippen molar-refractivity contribution in [1.29, 1.82) is 0 Å². The van der Waals surface area contributed by atoms with Gasteiger partial charge >= 0.3 is 5.97 Å². The van der Waals surface area contributed by atoms with Crippen molar-refractivity contribution in [2.75, 3.05) is 26.7 Å². The first-order chi connectivity index (χ1) is 7.26. The predicted molar refractivity (Wildman–Crippen MR) is 66.7 cm³/mol. The fourth-order valence-electron chi connectivity index (χ4n) is 1.73. The third kappa shape index (κ3) is 7.65. The van der Waals surface area contributed by atoms with E-state index in [4.69, 9.17) is 5.11 Å². The highest BCUT2D eigenvalue weighted by Crippen LogP contribution is 2.14. The van der Waals surface area contributed by atoms with Crippen LogP contribution in [0.5, 0.6) is 0 Å². The van der Waals surface area contributed by atoms with E-state index >= 15 is 0 Å². The molecular formula is C12H26N2O2. The van der Waals surface area contributed by atoms with Crippen molar-refractivity contribution >= 4 is 5.97 Å². The third-order valence-electron chi connectivity index (χ3n) is 2.18. The molecule has 0 amide bonds. The maximum Gasteiger partial charge on any atom is 0.322 e. The van der Waals surface area contributed by atoms with Gasteiger partial charge in [0.05, 0.1) is 0 Å². The summed E-state index contributed by atoms with van der Waals surface area (Å²) in [4.78, 5) is 13.1. The number of carboxylic acid groups (broad SMARTS) is 1. The molecule has 1 unspecified atom stereocenters. The molecule has 0 aliphatic carbocycles. The van der Waals surface area contributed by atoms with Gasteiger partial charge in [-0.05, 0) is 25.4 Å². The van der Waals surface area contributed by atoms with Crippen LogP contribution in [0.1, 0.15) is 34.1 Å². The van der Waals surface area contributed by atoms with E-state index in [1.165, 1.54) is 0 Å². The largest absolute Gasteiger partial charge is 0.480 e. The lowest BCUT2D eigenvalue weighted by atomic mass is 9.96. The highest BCUT2D eigenvalue weighted by Gasteiger charge is 2.21. The van der Waals surface area contributed by atoms with Crippen molar-refractivity contribution in [3.8, 4) is 0 Å². The molecule has 0 spiro atoms. The van der Waals surface area contributed by atoms with Gasteiger partial charge in [-0.2, -0.15) is 0 Å². The van der Waals surface area contributed by atoms with E-state index in [1.807, 2.05) is 14.0 Å². The van der Waals surface area contributed by atoms with Gasteiger partial charge in [0.15, 0.2) is 0 Å². The smallest absolute Gasteiger partial charge is 0.322 e. The Morgan fingerprint density at radius 2 is 2.00 bits per heavy atom. The lowest BCUT2D eigenvalue weighted by molar-refractivity contribution is -0.140. The highest BCUT2D eigenvalue weighted by atomic mass is 16.4. The van der Waals surface area contributed by atoms with Gasteiger partial charge in [-0.3, -0.25) is 4.79 Å². The Kier molecular flexibility index (Phi) is 6.60. The van der Waals surface area contributed by atoms with Crippen LogP contribution in [0, 0.1) is 5.41 Å². The zero-order valence-electron chi connectivity index (χ0n) is 11.2. The Bertz CT molecular complexity index is 212. The molecular weight excluding hydrogens is 204 g/mol. The summed E-state index contributed by atoms with van der Waals surface area (Å²) in [6.07, 6.45) is 0.951. The van der Waals surface area contributed by atoms with Crippen LogP contribution in [0.3, 0.4) is 0 Å². The summed E-state index contributed by atoms with van der Waals surface area (Å²) in [5.41, 5.74) is 0.197. The maximum atomic E-state index is 11.0. The lowest BCUT2D eigenvalue weighted by Gasteiger charge is -2.28. The van der Waals surface area contributed by atoms with Crippen molar-refractivity contribution < 1.29 is 9.90 Å². The Labute approximate surface area is 99.0 Å². The molecule has 2 N–H and O–H groups in total. The van der Waals surface area contributed by atoms with E-state index in [9.17, 15) is 4.79 Å². The third-order valence-corrected chi connectivity index (χ3v) is 2.18. The summed E-state index contributed by atoms with van der Waals surface area (Å²) in [7, 11) is 1.97. The fourth-order valence-corrected chi connectivity index (χ4v) is 1.73. The summed E-state index contributed by atoms with van der Waals surface area (Å²) in [5.74, 6) is -0.769. The highest BCUT2D eigenvalue weighted by molar-refractivity contribution is 5.73. The molecule has 0 fully saturated rings. The second kappa shape index (κ2) is 6.86. The number of carbonyl (C=O) groups is 1. The molecule has 0 aromatic carbocycles.